The molecule has 0 aromatic carbocycles. The SMILES string of the molecule is CCC(N)Cc1ccc2nccnc2n1. The van der Waals surface area contributed by atoms with Crippen LogP contribution < -0.4 is 5.73 Å². The van der Waals surface area contributed by atoms with Crippen LogP contribution in [0.1, 0.15) is 19.0 Å². The Morgan fingerprint density at radius 3 is 2.87 bits per heavy atom. The van der Waals surface area contributed by atoms with Gasteiger partial charge in [-0.1, -0.05) is 6.92 Å². The fourth-order valence-corrected chi connectivity index (χ4v) is 1.42. The van der Waals surface area contributed by atoms with E-state index in [1.165, 1.54) is 0 Å². The molecule has 0 spiro atoms. The van der Waals surface area contributed by atoms with Crippen LogP contribution in [0.2, 0.25) is 0 Å². The average molecular weight is 202 g/mol. The highest BCUT2D eigenvalue weighted by Gasteiger charge is 2.04. The van der Waals surface area contributed by atoms with Crippen molar-refractivity contribution in [2.75, 3.05) is 0 Å². The fraction of sp³-hybridized carbons (Fsp3) is 0.364. The molecule has 4 nitrogen and oxygen atoms in total. The third-order valence-corrected chi connectivity index (χ3v) is 2.39. The lowest BCUT2D eigenvalue weighted by Gasteiger charge is -2.07. The second-order valence-electron chi connectivity index (χ2n) is 3.57. The van der Waals surface area contributed by atoms with Crippen molar-refractivity contribution in [1.82, 2.24) is 15.0 Å². The molecule has 0 aliphatic carbocycles. The summed E-state index contributed by atoms with van der Waals surface area (Å²) in [6.07, 6.45) is 5.07. The van der Waals surface area contributed by atoms with Gasteiger partial charge in [0.2, 0.25) is 0 Å². The quantitative estimate of drug-likeness (QED) is 0.814. The minimum Gasteiger partial charge on any atom is -0.327 e. The van der Waals surface area contributed by atoms with Crippen molar-refractivity contribution in [3.05, 3.63) is 30.2 Å². The number of hydrogen-bond acceptors (Lipinski definition) is 4. The van der Waals surface area contributed by atoms with E-state index < -0.39 is 0 Å². The summed E-state index contributed by atoms with van der Waals surface area (Å²) >= 11 is 0. The lowest BCUT2D eigenvalue weighted by molar-refractivity contribution is 0.638. The van der Waals surface area contributed by atoms with E-state index in [0.717, 1.165) is 24.1 Å². The van der Waals surface area contributed by atoms with Crippen LogP contribution in [-0.4, -0.2) is 21.0 Å². The molecule has 0 bridgehead atoms. The van der Waals surface area contributed by atoms with Gasteiger partial charge in [0.05, 0.1) is 0 Å². The van der Waals surface area contributed by atoms with E-state index in [9.17, 15) is 0 Å². The van der Waals surface area contributed by atoms with E-state index in [1.807, 2.05) is 12.1 Å². The molecule has 2 heterocycles. The number of hydrogen-bond donors (Lipinski definition) is 1. The first-order valence-electron chi connectivity index (χ1n) is 5.12. The van der Waals surface area contributed by atoms with Gasteiger partial charge in [0.25, 0.3) is 0 Å². The second kappa shape index (κ2) is 4.31. The average Bonchev–Trinajstić information content (AvgIpc) is 2.29. The fourth-order valence-electron chi connectivity index (χ4n) is 1.42. The van der Waals surface area contributed by atoms with Crippen LogP contribution in [0.5, 0.6) is 0 Å². The Morgan fingerprint density at radius 2 is 2.07 bits per heavy atom. The zero-order chi connectivity index (χ0) is 10.7. The van der Waals surface area contributed by atoms with Crippen LogP contribution in [0.3, 0.4) is 0 Å². The van der Waals surface area contributed by atoms with Crippen LogP contribution in [0.4, 0.5) is 0 Å². The molecule has 2 aromatic heterocycles. The first-order chi connectivity index (χ1) is 7.29. The Kier molecular flexibility index (Phi) is 2.87. The summed E-state index contributed by atoms with van der Waals surface area (Å²) in [7, 11) is 0. The summed E-state index contributed by atoms with van der Waals surface area (Å²) in [6, 6.07) is 4.08. The predicted octanol–water partition coefficient (Wildman–Crippen LogP) is 1.30. The van der Waals surface area contributed by atoms with Crippen LogP contribution in [0.15, 0.2) is 24.5 Å². The van der Waals surface area contributed by atoms with Crippen molar-refractivity contribution in [3.63, 3.8) is 0 Å². The molecule has 2 rings (SSSR count). The van der Waals surface area contributed by atoms with E-state index >= 15 is 0 Å². The van der Waals surface area contributed by atoms with Gasteiger partial charge in [0.15, 0.2) is 5.65 Å². The van der Waals surface area contributed by atoms with Crippen LogP contribution in [0.25, 0.3) is 11.2 Å². The molecule has 0 fully saturated rings. The molecule has 1 atom stereocenters. The first kappa shape index (κ1) is 9.98. The third-order valence-electron chi connectivity index (χ3n) is 2.39. The summed E-state index contributed by atoms with van der Waals surface area (Å²) < 4.78 is 0. The van der Waals surface area contributed by atoms with E-state index in [0.29, 0.717) is 5.65 Å². The van der Waals surface area contributed by atoms with Crippen LogP contribution in [-0.2, 0) is 6.42 Å². The van der Waals surface area contributed by atoms with Crippen molar-refractivity contribution < 1.29 is 0 Å². The predicted molar refractivity (Wildman–Crippen MR) is 59.3 cm³/mol. The van der Waals surface area contributed by atoms with Gasteiger partial charge in [0.1, 0.15) is 5.52 Å². The van der Waals surface area contributed by atoms with Crippen molar-refractivity contribution in [2.45, 2.75) is 25.8 Å². The molecule has 0 radical (unpaired) electrons. The van der Waals surface area contributed by atoms with Gasteiger partial charge in [-0.2, -0.15) is 0 Å². The summed E-state index contributed by atoms with van der Waals surface area (Å²) in [4.78, 5) is 12.7. The van der Waals surface area contributed by atoms with E-state index in [2.05, 4.69) is 21.9 Å². The maximum absolute atomic E-state index is 5.87. The normalized spacial score (nSPS) is 12.9. The standard InChI is InChI=1S/C11H14N4/c1-2-8(12)7-9-3-4-10-11(15-9)14-6-5-13-10/h3-6,8H,2,7,12H2,1H3. The van der Waals surface area contributed by atoms with Gasteiger partial charge in [0, 0.05) is 30.6 Å². The number of pyridine rings is 1. The molecule has 1 unspecified atom stereocenters. The van der Waals surface area contributed by atoms with Gasteiger partial charge in [-0.05, 0) is 18.6 Å². The van der Waals surface area contributed by atoms with Gasteiger partial charge >= 0.3 is 0 Å². The lowest BCUT2D eigenvalue weighted by atomic mass is 10.1. The molecular weight excluding hydrogens is 188 g/mol. The van der Waals surface area contributed by atoms with Gasteiger partial charge in [-0.15, -0.1) is 0 Å². The van der Waals surface area contributed by atoms with Crippen molar-refractivity contribution >= 4 is 11.2 Å². The van der Waals surface area contributed by atoms with Gasteiger partial charge < -0.3 is 5.73 Å². The van der Waals surface area contributed by atoms with E-state index in [1.54, 1.807) is 12.4 Å². The highest BCUT2D eigenvalue weighted by molar-refractivity contribution is 5.68. The highest BCUT2D eigenvalue weighted by atomic mass is 14.9. The Morgan fingerprint density at radius 1 is 1.27 bits per heavy atom. The molecule has 0 saturated heterocycles. The molecular formula is C11H14N4. The van der Waals surface area contributed by atoms with Gasteiger partial charge in [-0.3, -0.25) is 4.98 Å². The van der Waals surface area contributed by atoms with Gasteiger partial charge in [-0.25, -0.2) is 9.97 Å². The molecule has 0 saturated carbocycles. The van der Waals surface area contributed by atoms with Crippen molar-refractivity contribution in [2.24, 2.45) is 5.73 Å². The Hall–Kier alpha value is -1.55. The third kappa shape index (κ3) is 2.27. The molecule has 4 heteroatoms. The molecule has 2 aromatic rings. The first-order valence-corrected chi connectivity index (χ1v) is 5.12. The monoisotopic (exact) mass is 202 g/mol. The summed E-state index contributed by atoms with van der Waals surface area (Å²) in [6.45, 7) is 2.07. The summed E-state index contributed by atoms with van der Waals surface area (Å²) in [5.41, 5.74) is 8.37. The Balaban J connectivity index is 2.30. The number of nitrogens with zero attached hydrogens (tertiary/aromatic N) is 3. The number of fused-ring (bicyclic) bond motifs is 1. The zero-order valence-corrected chi connectivity index (χ0v) is 8.72. The minimum atomic E-state index is 0.173. The molecule has 2 N–H and O–H groups in total. The highest BCUT2D eigenvalue weighted by Crippen LogP contribution is 2.08. The summed E-state index contributed by atoms with van der Waals surface area (Å²) in [5, 5.41) is 0. The zero-order valence-electron chi connectivity index (χ0n) is 8.72. The Bertz CT molecular complexity index is 455. The van der Waals surface area contributed by atoms with Crippen LogP contribution >= 0.6 is 0 Å². The molecule has 0 amide bonds. The van der Waals surface area contributed by atoms with E-state index in [-0.39, 0.29) is 6.04 Å². The number of rotatable bonds is 3. The molecule has 0 aliphatic heterocycles. The minimum absolute atomic E-state index is 0.173. The maximum Gasteiger partial charge on any atom is 0.178 e. The summed E-state index contributed by atoms with van der Waals surface area (Å²) in [5.74, 6) is 0. The maximum atomic E-state index is 5.87. The second-order valence-corrected chi connectivity index (χ2v) is 3.57. The van der Waals surface area contributed by atoms with Crippen LogP contribution in [0, 0.1) is 0 Å². The topological polar surface area (TPSA) is 64.7 Å². The molecule has 78 valence electrons. The van der Waals surface area contributed by atoms with E-state index in [4.69, 9.17) is 5.73 Å². The molecule has 15 heavy (non-hydrogen) atoms. The number of nitrogens with two attached hydrogens (primary N) is 1. The largest absolute Gasteiger partial charge is 0.327 e. The van der Waals surface area contributed by atoms with Crippen molar-refractivity contribution in [1.29, 1.82) is 0 Å². The Labute approximate surface area is 88.6 Å². The number of aromatic nitrogens is 3. The lowest BCUT2D eigenvalue weighted by Crippen LogP contribution is -2.21. The smallest absolute Gasteiger partial charge is 0.178 e. The van der Waals surface area contributed by atoms with Crippen molar-refractivity contribution in [3.8, 4) is 0 Å². The molecule has 0 aliphatic rings.